The lowest BCUT2D eigenvalue weighted by atomic mass is 10.1. The molecule has 0 bridgehead atoms. The Balaban J connectivity index is 2.17. The fraction of sp³-hybridized carbons (Fsp3) is 0.714. The lowest BCUT2D eigenvalue weighted by Gasteiger charge is -2.19. The fourth-order valence-corrected chi connectivity index (χ4v) is 1.83. The second-order valence-corrected chi connectivity index (χ2v) is 5.78. The number of nitrogens with one attached hydrogen (secondary N) is 1. The Kier molecular flexibility index (Phi) is 4.93. The number of carbonyl (C=O) groups excluding carboxylic acids is 2. The predicted molar refractivity (Wildman–Crippen MR) is 70.3 cm³/mol. The SMILES string of the molecule is C=CCCC(=O)[C@H]1C[C@H]1CNC(=O)OC(C)(C)C. The topological polar surface area (TPSA) is 55.4 Å². The number of rotatable bonds is 6. The van der Waals surface area contributed by atoms with Crippen LogP contribution in [0.5, 0.6) is 0 Å². The van der Waals surface area contributed by atoms with Gasteiger partial charge < -0.3 is 10.1 Å². The Morgan fingerprint density at radius 3 is 2.67 bits per heavy atom. The van der Waals surface area contributed by atoms with Gasteiger partial charge in [0.15, 0.2) is 0 Å². The summed E-state index contributed by atoms with van der Waals surface area (Å²) in [6.07, 6.45) is 3.53. The van der Waals surface area contributed by atoms with Gasteiger partial charge in [-0.25, -0.2) is 4.79 Å². The van der Waals surface area contributed by atoms with E-state index in [-0.39, 0.29) is 17.6 Å². The second-order valence-electron chi connectivity index (χ2n) is 5.78. The van der Waals surface area contributed by atoms with Crippen LogP contribution in [0.1, 0.15) is 40.0 Å². The number of carbonyl (C=O) groups is 2. The first-order valence-electron chi connectivity index (χ1n) is 6.44. The lowest BCUT2D eigenvalue weighted by Crippen LogP contribution is -2.33. The summed E-state index contributed by atoms with van der Waals surface area (Å²) in [5.74, 6) is 0.695. The smallest absolute Gasteiger partial charge is 0.407 e. The summed E-state index contributed by atoms with van der Waals surface area (Å²) in [7, 11) is 0. The van der Waals surface area contributed by atoms with Crippen LogP contribution in [0.3, 0.4) is 0 Å². The van der Waals surface area contributed by atoms with Crippen molar-refractivity contribution < 1.29 is 14.3 Å². The highest BCUT2D eigenvalue weighted by Crippen LogP contribution is 2.39. The molecule has 0 unspecified atom stereocenters. The van der Waals surface area contributed by atoms with E-state index in [1.165, 1.54) is 0 Å². The van der Waals surface area contributed by atoms with Crippen LogP contribution in [-0.4, -0.2) is 24.0 Å². The molecule has 1 aliphatic rings. The summed E-state index contributed by atoms with van der Waals surface area (Å²) in [6.45, 7) is 9.60. The van der Waals surface area contributed by atoms with E-state index < -0.39 is 11.7 Å². The van der Waals surface area contributed by atoms with Gasteiger partial charge in [-0.2, -0.15) is 0 Å². The molecule has 2 atom stereocenters. The molecule has 4 heteroatoms. The first-order valence-corrected chi connectivity index (χ1v) is 6.44. The fourth-order valence-electron chi connectivity index (χ4n) is 1.83. The number of alkyl carbamates (subject to hydrolysis) is 1. The molecule has 0 aliphatic heterocycles. The van der Waals surface area contributed by atoms with E-state index >= 15 is 0 Å². The van der Waals surface area contributed by atoms with Gasteiger partial charge >= 0.3 is 6.09 Å². The van der Waals surface area contributed by atoms with E-state index in [2.05, 4.69) is 11.9 Å². The minimum absolute atomic E-state index is 0.125. The molecule has 0 aromatic heterocycles. The van der Waals surface area contributed by atoms with Gasteiger partial charge in [-0.15, -0.1) is 6.58 Å². The predicted octanol–water partition coefficient (Wildman–Crippen LogP) is 2.68. The summed E-state index contributed by atoms with van der Waals surface area (Å²) in [4.78, 5) is 23.1. The molecule has 18 heavy (non-hydrogen) atoms. The molecule has 0 saturated heterocycles. The maximum atomic E-state index is 11.7. The average Bonchev–Trinajstić information content (AvgIpc) is 3.00. The highest BCUT2D eigenvalue weighted by Gasteiger charge is 2.42. The van der Waals surface area contributed by atoms with Gasteiger partial charge in [-0.3, -0.25) is 4.79 Å². The molecule has 1 aliphatic carbocycles. The Morgan fingerprint density at radius 1 is 1.44 bits per heavy atom. The molecule has 0 aromatic rings. The molecule has 1 saturated carbocycles. The van der Waals surface area contributed by atoms with Crippen LogP contribution in [-0.2, 0) is 9.53 Å². The number of ether oxygens (including phenoxy) is 1. The molecule has 1 amide bonds. The first kappa shape index (κ1) is 14.7. The lowest BCUT2D eigenvalue weighted by molar-refractivity contribution is -0.120. The largest absolute Gasteiger partial charge is 0.444 e. The third kappa shape index (κ3) is 5.34. The molecular formula is C14H23NO3. The van der Waals surface area contributed by atoms with E-state index in [0.29, 0.717) is 13.0 Å². The Labute approximate surface area is 109 Å². The summed E-state index contributed by atoms with van der Waals surface area (Å²) < 4.78 is 5.13. The molecule has 102 valence electrons. The van der Waals surface area contributed by atoms with Crippen LogP contribution in [0.4, 0.5) is 4.79 Å². The molecule has 4 nitrogen and oxygen atoms in total. The number of amides is 1. The van der Waals surface area contributed by atoms with E-state index in [9.17, 15) is 9.59 Å². The van der Waals surface area contributed by atoms with Crippen LogP contribution in [0.2, 0.25) is 0 Å². The van der Waals surface area contributed by atoms with Crippen LogP contribution in [0, 0.1) is 11.8 Å². The summed E-state index contributed by atoms with van der Waals surface area (Å²) in [6, 6.07) is 0. The van der Waals surface area contributed by atoms with Gasteiger partial charge in [0.2, 0.25) is 0 Å². The zero-order chi connectivity index (χ0) is 13.8. The number of allylic oxidation sites excluding steroid dienone is 1. The third-order valence-electron chi connectivity index (χ3n) is 2.84. The van der Waals surface area contributed by atoms with Crippen molar-refractivity contribution in [3.63, 3.8) is 0 Å². The van der Waals surface area contributed by atoms with Crippen molar-refractivity contribution in [1.82, 2.24) is 5.32 Å². The van der Waals surface area contributed by atoms with Crippen molar-refractivity contribution in [2.75, 3.05) is 6.54 Å². The zero-order valence-electron chi connectivity index (χ0n) is 11.5. The van der Waals surface area contributed by atoms with Gasteiger partial charge in [0.1, 0.15) is 11.4 Å². The Morgan fingerprint density at radius 2 is 2.11 bits per heavy atom. The van der Waals surface area contributed by atoms with Crippen molar-refractivity contribution in [2.45, 2.75) is 45.6 Å². The van der Waals surface area contributed by atoms with Crippen LogP contribution < -0.4 is 5.32 Å². The molecule has 0 radical (unpaired) electrons. The monoisotopic (exact) mass is 253 g/mol. The Hall–Kier alpha value is -1.32. The van der Waals surface area contributed by atoms with E-state index in [4.69, 9.17) is 4.74 Å². The number of hydrogen-bond acceptors (Lipinski definition) is 3. The second kappa shape index (κ2) is 6.03. The summed E-state index contributed by atoms with van der Waals surface area (Å²) >= 11 is 0. The third-order valence-corrected chi connectivity index (χ3v) is 2.84. The number of Topliss-reactive ketones (excluding diaryl/α,β-unsaturated/α-hetero) is 1. The van der Waals surface area contributed by atoms with Gasteiger partial charge in [0, 0.05) is 18.9 Å². The van der Waals surface area contributed by atoms with Gasteiger partial charge in [0.05, 0.1) is 0 Å². The van der Waals surface area contributed by atoms with Crippen molar-refractivity contribution in [3.8, 4) is 0 Å². The van der Waals surface area contributed by atoms with Crippen molar-refractivity contribution in [2.24, 2.45) is 11.8 Å². The van der Waals surface area contributed by atoms with Gasteiger partial charge in [0.25, 0.3) is 0 Å². The Bertz CT molecular complexity index is 330. The van der Waals surface area contributed by atoms with Gasteiger partial charge in [-0.05, 0) is 39.5 Å². The highest BCUT2D eigenvalue weighted by molar-refractivity contribution is 5.84. The standard InChI is InChI=1S/C14H23NO3/c1-5-6-7-12(16)11-8-10(11)9-15-13(17)18-14(2,3)4/h5,10-11H,1,6-9H2,2-4H3,(H,15,17)/t10-,11-/m0/s1. The molecule has 1 fully saturated rings. The number of hydrogen-bond donors (Lipinski definition) is 1. The quantitative estimate of drug-likeness (QED) is 0.740. The van der Waals surface area contributed by atoms with Gasteiger partial charge in [-0.1, -0.05) is 6.08 Å². The zero-order valence-corrected chi connectivity index (χ0v) is 11.5. The van der Waals surface area contributed by atoms with Crippen molar-refractivity contribution in [1.29, 1.82) is 0 Å². The van der Waals surface area contributed by atoms with Crippen LogP contribution in [0.25, 0.3) is 0 Å². The first-order chi connectivity index (χ1) is 8.33. The molecule has 0 heterocycles. The summed E-state index contributed by atoms with van der Waals surface area (Å²) in [5.41, 5.74) is -0.479. The highest BCUT2D eigenvalue weighted by atomic mass is 16.6. The molecule has 0 spiro atoms. The molecule has 0 aromatic carbocycles. The average molecular weight is 253 g/mol. The summed E-state index contributed by atoms with van der Waals surface area (Å²) in [5, 5.41) is 2.71. The number of ketones is 1. The molecular weight excluding hydrogens is 230 g/mol. The minimum atomic E-state index is -0.479. The normalized spacial score (nSPS) is 22.2. The molecule has 1 rings (SSSR count). The van der Waals surface area contributed by atoms with E-state index in [1.54, 1.807) is 6.08 Å². The van der Waals surface area contributed by atoms with Crippen LogP contribution >= 0.6 is 0 Å². The van der Waals surface area contributed by atoms with E-state index in [1.807, 2.05) is 20.8 Å². The minimum Gasteiger partial charge on any atom is -0.444 e. The van der Waals surface area contributed by atoms with Crippen LogP contribution in [0.15, 0.2) is 12.7 Å². The maximum Gasteiger partial charge on any atom is 0.407 e. The maximum absolute atomic E-state index is 11.7. The molecule has 1 N–H and O–H groups in total. The van der Waals surface area contributed by atoms with E-state index in [0.717, 1.165) is 12.8 Å². The van der Waals surface area contributed by atoms with Crippen molar-refractivity contribution in [3.05, 3.63) is 12.7 Å². The van der Waals surface area contributed by atoms with Crippen molar-refractivity contribution >= 4 is 11.9 Å².